The lowest BCUT2D eigenvalue weighted by molar-refractivity contribution is 0.00881. The first-order valence-corrected chi connectivity index (χ1v) is 8.16. The van der Waals surface area contributed by atoms with E-state index in [1.807, 2.05) is 22.4 Å². The Morgan fingerprint density at radius 1 is 1.40 bits per heavy atom. The maximum Gasteiger partial charge on any atom is 0.263 e. The molecule has 1 aromatic rings. The molecule has 0 bridgehead atoms. The Labute approximate surface area is 124 Å². The van der Waals surface area contributed by atoms with Crippen molar-refractivity contribution in [3.8, 4) is 0 Å². The zero-order chi connectivity index (χ0) is 14.0. The minimum absolute atomic E-state index is 0.121. The number of carbonyl (C=O) groups excluding carboxylic acids is 1. The number of piperidine rings is 1. The summed E-state index contributed by atoms with van der Waals surface area (Å²) in [5, 5.41) is 1.97. The molecule has 3 rings (SSSR count). The second-order valence-electron chi connectivity index (χ2n) is 6.10. The van der Waals surface area contributed by atoms with Crippen molar-refractivity contribution in [3.05, 3.63) is 22.4 Å². The van der Waals surface area contributed by atoms with Gasteiger partial charge in [0.25, 0.3) is 5.91 Å². The van der Waals surface area contributed by atoms with E-state index in [9.17, 15) is 4.79 Å². The molecule has 1 spiro atoms. The standard InChI is InChI=1S/C15H22N2O2S/c1-16-7-8-19-12-15(10-16)5-3-6-17(11-15)14(18)13-4-2-9-20-13/h2,4,9H,3,5-8,10-12H2,1H3. The Kier molecular flexibility index (Phi) is 4.10. The summed E-state index contributed by atoms with van der Waals surface area (Å²) in [5.41, 5.74) is 0.121. The van der Waals surface area contributed by atoms with Crippen molar-refractivity contribution in [1.82, 2.24) is 9.80 Å². The van der Waals surface area contributed by atoms with Gasteiger partial charge < -0.3 is 14.5 Å². The number of thiophene rings is 1. The van der Waals surface area contributed by atoms with Gasteiger partial charge in [0.05, 0.1) is 18.1 Å². The highest BCUT2D eigenvalue weighted by atomic mass is 32.1. The largest absolute Gasteiger partial charge is 0.379 e. The number of amides is 1. The predicted octanol–water partition coefficient (Wildman–Crippen LogP) is 1.93. The third kappa shape index (κ3) is 2.90. The lowest BCUT2D eigenvalue weighted by Gasteiger charge is -2.43. The number of ether oxygens (including phenoxy) is 1. The average molecular weight is 294 g/mol. The zero-order valence-electron chi connectivity index (χ0n) is 12.0. The van der Waals surface area contributed by atoms with Crippen LogP contribution >= 0.6 is 11.3 Å². The SMILES string of the molecule is CN1CCOCC2(CCCN(C(=O)c3cccs3)C2)C1. The first-order valence-electron chi connectivity index (χ1n) is 7.28. The molecule has 5 heteroatoms. The molecular weight excluding hydrogens is 272 g/mol. The van der Waals surface area contributed by atoms with Crippen LogP contribution in [0.5, 0.6) is 0 Å². The number of likely N-dealkylation sites (N-methyl/N-ethyl adjacent to an activating group) is 1. The van der Waals surface area contributed by atoms with E-state index in [1.54, 1.807) is 0 Å². The molecule has 0 saturated carbocycles. The second-order valence-corrected chi connectivity index (χ2v) is 7.05. The monoisotopic (exact) mass is 294 g/mol. The third-order valence-electron chi connectivity index (χ3n) is 4.31. The van der Waals surface area contributed by atoms with Crippen LogP contribution in [0, 0.1) is 5.41 Å². The highest BCUT2D eigenvalue weighted by Gasteiger charge is 2.39. The van der Waals surface area contributed by atoms with Gasteiger partial charge in [-0.25, -0.2) is 0 Å². The van der Waals surface area contributed by atoms with Crippen LogP contribution in [0.3, 0.4) is 0 Å². The lowest BCUT2D eigenvalue weighted by atomic mass is 9.80. The maximum absolute atomic E-state index is 12.5. The lowest BCUT2D eigenvalue weighted by Crippen LogP contribution is -2.51. The van der Waals surface area contributed by atoms with Crippen LogP contribution in [0.15, 0.2) is 17.5 Å². The van der Waals surface area contributed by atoms with Gasteiger partial charge in [-0.15, -0.1) is 11.3 Å². The fourth-order valence-electron chi connectivity index (χ4n) is 3.39. The van der Waals surface area contributed by atoms with Crippen molar-refractivity contribution in [2.45, 2.75) is 12.8 Å². The van der Waals surface area contributed by atoms with E-state index in [2.05, 4.69) is 11.9 Å². The number of hydrogen-bond donors (Lipinski definition) is 0. The van der Waals surface area contributed by atoms with E-state index < -0.39 is 0 Å². The summed E-state index contributed by atoms with van der Waals surface area (Å²) in [7, 11) is 2.15. The van der Waals surface area contributed by atoms with Gasteiger partial charge in [0.15, 0.2) is 0 Å². The summed E-state index contributed by atoms with van der Waals surface area (Å²) >= 11 is 1.53. The summed E-state index contributed by atoms with van der Waals surface area (Å²) < 4.78 is 5.80. The summed E-state index contributed by atoms with van der Waals surface area (Å²) in [4.78, 5) is 17.8. The number of rotatable bonds is 1. The molecule has 1 unspecified atom stereocenters. The van der Waals surface area contributed by atoms with Gasteiger partial charge in [-0.3, -0.25) is 4.79 Å². The van der Waals surface area contributed by atoms with Gasteiger partial charge in [0.1, 0.15) is 0 Å². The Bertz CT molecular complexity index is 462. The van der Waals surface area contributed by atoms with Gasteiger partial charge in [0.2, 0.25) is 0 Å². The minimum Gasteiger partial charge on any atom is -0.379 e. The molecule has 1 atom stereocenters. The highest BCUT2D eigenvalue weighted by molar-refractivity contribution is 7.12. The average Bonchev–Trinajstić information content (AvgIpc) is 2.91. The molecule has 1 aromatic heterocycles. The van der Waals surface area contributed by atoms with Crippen molar-refractivity contribution in [3.63, 3.8) is 0 Å². The Morgan fingerprint density at radius 3 is 3.10 bits per heavy atom. The summed E-state index contributed by atoms with van der Waals surface area (Å²) in [5.74, 6) is 0.186. The second kappa shape index (κ2) is 5.84. The number of likely N-dealkylation sites (tertiary alicyclic amines) is 1. The van der Waals surface area contributed by atoms with E-state index in [0.717, 1.165) is 57.1 Å². The molecule has 2 fully saturated rings. The van der Waals surface area contributed by atoms with Crippen LogP contribution in [0.1, 0.15) is 22.5 Å². The molecule has 0 aromatic carbocycles. The maximum atomic E-state index is 12.5. The van der Waals surface area contributed by atoms with Crippen LogP contribution in [-0.4, -0.2) is 62.1 Å². The minimum atomic E-state index is 0.121. The molecule has 4 nitrogen and oxygen atoms in total. The van der Waals surface area contributed by atoms with Crippen molar-refractivity contribution in [2.24, 2.45) is 5.41 Å². The molecule has 110 valence electrons. The van der Waals surface area contributed by atoms with Crippen molar-refractivity contribution in [1.29, 1.82) is 0 Å². The number of hydrogen-bond acceptors (Lipinski definition) is 4. The van der Waals surface area contributed by atoms with Crippen LogP contribution in [0.2, 0.25) is 0 Å². The van der Waals surface area contributed by atoms with Crippen molar-refractivity contribution in [2.75, 3.05) is 46.4 Å². The molecule has 0 N–H and O–H groups in total. The van der Waals surface area contributed by atoms with Gasteiger partial charge in [0, 0.05) is 31.6 Å². The van der Waals surface area contributed by atoms with Crippen LogP contribution < -0.4 is 0 Å². The molecular formula is C15H22N2O2S. The first-order chi connectivity index (χ1) is 9.69. The predicted molar refractivity (Wildman–Crippen MR) is 80.2 cm³/mol. The van der Waals surface area contributed by atoms with Crippen LogP contribution in [0.25, 0.3) is 0 Å². The smallest absolute Gasteiger partial charge is 0.263 e. The van der Waals surface area contributed by atoms with Gasteiger partial charge in [-0.05, 0) is 31.3 Å². The quantitative estimate of drug-likeness (QED) is 0.793. The number of nitrogens with zero attached hydrogens (tertiary/aromatic N) is 2. The Morgan fingerprint density at radius 2 is 2.30 bits per heavy atom. The molecule has 2 saturated heterocycles. The summed E-state index contributed by atoms with van der Waals surface area (Å²) in [6, 6.07) is 3.87. The molecule has 0 aliphatic carbocycles. The van der Waals surface area contributed by atoms with Gasteiger partial charge in [-0.2, -0.15) is 0 Å². The normalized spacial score (nSPS) is 28.6. The molecule has 2 aliphatic rings. The Hall–Kier alpha value is -0.910. The van der Waals surface area contributed by atoms with E-state index >= 15 is 0 Å². The van der Waals surface area contributed by atoms with Gasteiger partial charge in [-0.1, -0.05) is 6.07 Å². The highest BCUT2D eigenvalue weighted by Crippen LogP contribution is 2.33. The first kappa shape index (κ1) is 14.0. The molecule has 3 heterocycles. The summed E-state index contributed by atoms with van der Waals surface area (Å²) in [6.07, 6.45) is 2.24. The topological polar surface area (TPSA) is 32.8 Å². The molecule has 1 amide bonds. The van der Waals surface area contributed by atoms with E-state index in [4.69, 9.17) is 4.74 Å². The van der Waals surface area contributed by atoms with Crippen molar-refractivity contribution < 1.29 is 9.53 Å². The molecule has 0 radical (unpaired) electrons. The fraction of sp³-hybridized carbons (Fsp3) is 0.667. The van der Waals surface area contributed by atoms with E-state index in [0.29, 0.717) is 0 Å². The zero-order valence-corrected chi connectivity index (χ0v) is 12.8. The Balaban J connectivity index is 1.74. The van der Waals surface area contributed by atoms with E-state index in [1.165, 1.54) is 11.3 Å². The van der Waals surface area contributed by atoms with E-state index in [-0.39, 0.29) is 11.3 Å². The number of carbonyl (C=O) groups is 1. The van der Waals surface area contributed by atoms with Crippen LogP contribution in [-0.2, 0) is 4.74 Å². The van der Waals surface area contributed by atoms with Crippen molar-refractivity contribution >= 4 is 17.2 Å². The third-order valence-corrected chi connectivity index (χ3v) is 5.17. The van der Waals surface area contributed by atoms with Gasteiger partial charge >= 0.3 is 0 Å². The molecule has 2 aliphatic heterocycles. The van der Waals surface area contributed by atoms with Crippen LogP contribution in [0.4, 0.5) is 0 Å². The summed E-state index contributed by atoms with van der Waals surface area (Å²) in [6.45, 7) is 5.31. The fourth-order valence-corrected chi connectivity index (χ4v) is 4.08. The molecule has 20 heavy (non-hydrogen) atoms.